The molecule has 1 aromatic carbocycles. The summed E-state index contributed by atoms with van der Waals surface area (Å²) in [6.45, 7) is 0. The number of nitrogens with zero attached hydrogens (tertiary/aromatic N) is 4. The van der Waals surface area contributed by atoms with Gasteiger partial charge >= 0.3 is 0 Å². The van der Waals surface area contributed by atoms with Crippen molar-refractivity contribution in [2.45, 2.75) is 35.5 Å². The van der Waals surface area contributed by atoms with Crippen LogP contribution in [0.25, 0.3) is 0 Å². The predicted molar refractivity (Wildman–Crippen MR) is 108 cm³/mol. The number of anilines is 2. The summed E-state index contributed by atoms with van der Waals surface area (Å²) < 4.78 is 0. The number of rotatable bonds is 4. The number of para-hydroxylation sites is 1. The molecule has 2 fully saturated rings. The van der Waals surface area contributed by atoms with E-state index in [4.69, 9.17) is 17.3 Å². The van der Waals surface area contributed by atoms with Gasteiger partial charge in [-0.1, -0.05) is 35.5 Å². The molecule has 2 amide bonds. The van der Waals surface area contributed by atoms with Crippen molar-refractivity contribution < 1.29 is 9.59 Å². The number of carbonyl (C=O) groups is 2. The average Bonchev–Trinajstić information content (AvgIpc) is 3.49. The van der Waals surface area contributed by atoms with E-state index in [0.29, 0.717) is 16.3 Å². The van der Waals surface area contributed by atoms with Gasteiger partial charge in [0.2, 0.25) is 11.8 Å². The number of hydrogen-bond donors (Lipinski definition) is 1. The Morgan fingerprint density at radius 3 is 2.48 bits per heavy atom. The maximum absolute atomic E-state index is 12.9. The van der Waals surface area contributed by atoms with Gasteiger partial charge in [0.15, 0.2) is 0 Å². The monoisotopic (exact) mass is 423 g/mol. The van der Waals surface area contributed by atoms with Crippen molar-refractivity contribution in [2.24, 2.45) is 0 Å². The number of carbonyl (C=O) groups excluding carboxylic acids is 2. The zero-order valence-corrected chi connectivity index (χ0v) is 16.6. The third-order valence-electron chi connectivity index (χ3n) is 4.89. The van der Waals surface area contributed by atoms with Crippen molar-refractivity contribution >= 4 is 46.7 Å². The molecule has 2 aliphatic rings. The molecular weight excluding hydrogens is 410 g/mol. The van der Waals surface area contributed by atoms with Crippen LogP contribution in [-0.2, 0) is 9.59 Å². The number of nitrogens with two attached hydrogens (primary N) is 1. The minimum atomic E-state index is -0.752. The lowest BCUT2D eigenvalue weighted by Crippen LogP contribution is -2.31. The molecule has 7 nitrogen and oxygen atoms in total. The first-order chi connectivity index (χ1) is 14.0. The highest BCUT2D eigenvalue weighted by Crippen LogP contribution is 2.47. The van der Waals surface area contributed by atoms with Crippen molar-refractivity contribution in [3.8, 4) is 12.1 Å². The Bertz CT molecular complexity index is 1130. The Morgan fingerprint density at radius 2 is 1.86 bits per heavy atom. The Balaban J connectivity index is 1.70. The van der Waals surface area contributed by atoms with Gasteiger partial charge < -0.3 is 5.73 Å². The molecule has 1 aliphatic heterocycles. The highest BCUT2D eigenvalue weighted by atomic mass is 35.5. The van der Waals surface area contributed by atoms with Crippen LogP contribution in [0.4, 0.5) is 11.5 Å². The molecule has 1 saturated heterocycles. The van der Waals surface area contributed by atoms with Crippen LogP contribution in [0.2, 0.25) is 5.02 Å². The summed E-state index contributed by atoms with van der Waals surface area (Å²) in [5, 5.41) is 19.0. The van der Waals surface area contributed by atoms with Crippen molar-refractivity contribution in [2.75, 3.05) is 10.6 Å². The summed E-state index contributed by atoms with van der Waals surface area (Å²) in [7, 11) is 0. The Hall–Kier alpha value is -3.07. The van der Waals surface area contributed by atoms with Crippen molar-refractivity contribution in [3.63, 3.8) is 0 Å². The molecule has 0 bridgehead atoms. The van der Waals surface area contributed by atoms with E-state index in [1.165, 1.54) is 0 Å². The van der Waals surface area contributed by atoms with E-state index in [0.717, 1.165) is 29.5 Å². The number of nitrogen functional groups attached to an aromatic ring is 1. The SMILES string of the molecule is N#Cc1c(N)nc(SC2CC(=O)N(c3ccccc3Cl)C2=O)c(C#N)c1C1CC1. The molecule has 1 unspecified atom stereocenters. The summed E-state index contributed by atoms with van der Waals surface area (Å²) in [6, 6.07) is 10.8. The summed E-state index contributed by atoms with van der Waals surface area (Å²) in [5.74, 6) is -0.655. The Morgan fingerprint density at radius 1 is 1.17 bits per heavy atom. The van der Waals surface area contributed by atoms with Crippen LogP contribution >= 0.6 is 23.4 Å². The van der Waals surface area contributed by atoms with Crippen LogP contribution in [0.1, 0.15) is 41.9 Å². The number of nitriles is 2. The number of thioether (sulfide) groups is 1. The second kappa shape index (κ2) is 7.40. The van der Waals surface area contributed by atoms with Crippen LogP contribution in [0.15, 0.2) is 29.3 Å². The lowest BCUT2D eigenvalue weighted by molar-refractivity contribution is -0.121. The average molecular weight is 424 g/mol. The molecule has 29 heavy (non-hydrogen) atoms. The largest absolute Gasteiger partial charge is 0.383 e. The highest BCUT2D eigenvalue weighted by Gasteiger charge is 2.42. The second-order valence-corrected chi connectivity index (χ2v) is 8.39. The van der Waals surface area contributed by atoms with Gasteiger partial charge in [0.25, 0.3) is 0 Å². The molecule has 1 aromatic heterocycles. The van der Waals surface area contributed by atoms with E-state index in [1.54, 1.807) is 24.3 Å². The van der Waals surface area contributed by atoms with Crippen LogP contribution in [-0.4, -0.2) is 22.0 Å². The molecule has 0 radical (unpaired) electrons. The van der Waals surface area contributed by atoms with E-state index in [-0.39, 0.29) is 40.2 Å². The van der Waals surface area contributed by atoms with Crippen molar-refractivity contribution in [1.82, 2.24) is 4.98 Å². The fourth-order valence-electron chi connectivity index (χ4n) is 3.41. The second-order valence-electron chi connectivity index (χ2n) is 6.79. The van der Waals surface area contributed by atoms with E-state index in [9.17, 15) is 20.1 Å². The normalized spacial score (nSPS) is 18.6. The fraction of sp³-hybridized carbons (Fsp3) is 0.250. The standard InChI is InChI=1S/C20H14ClN5O2S/c21-13-3-1-2-4-14(13)26-16(27)7-15(20(26)28)29-19-12(9-23)17(10-5-6-10)11(8-22)18(24)25-19/h1-4,10,15H,5-7H2,(H2,24,25). The van der Waals surface area contributed by atoms with Crippen LogP contribution in [0, 0.1) is 22.7 Å². The van der Waals surface area contributed by atoms with Crippen LogP contribution in [0.3, 0.4) is 0 Å². The topological polar surface area (TPSA) is 124 Å². The van der Waals surface area contributed by atoms with Crippen molar-refractivity contribution in [1.29, 1.82) is 10.5 Å². The first-order valence-corrected chi connectivity index (χ1v) is 10.1. The van der Waals surface area contributed by atoms with Gasteiger partial charge in [0, 0.05) is 6.42 Å². The lowest BCUT2D eigenvalue weighted by atomic mass is 10.0. The smallest absolute Gasteiger partial charge is 0.247 e. The third-order valence-corrected chi connectivity index (χ3v) is 6.38. The van der Waals surface area contributed by atoms with Crippen molar-refractivity contribution in [3.05, 3.63) is 46.0 Å². The van der Waals surface area contributed by atoms with Gasteiger partial charge in [-0.2, -0.15) is 10.5 Å². The molecule has 2 heterocycles. The molecule has 9 heteroatoms. The van der Waals surface area contributed by atoms with Gasteiger partial charge in [-0.05, 0) is 36.5 Å². The first-order valence-electron chi connectivity index (χ1n) is 8.87. The third kappa shape index (κ3) is 3.31. The lowest BCUT2D eigenvalue weighted by Gasteiger charge is -2.17. The first kappa shape index (κ1) is 19.3. The molecular formula is C20H14ClN5O2S. The summed E-state index contributed by atoms with van der Waals surface area (Å²) in [4.78, 5) is 30.7. The number of benzene rings is 1. The molecule has 1 atom stereocenters. The number of hydrogen-bond acceptors (Lipinski definition) is 7. The van der Waals surface area contributed by atoms with E-state index in [2.05, 4.69) is 11.1 Å². The molecule has 2 aromatic rings. The zero-order valence-electron chi connectivity index (χ0n) is 15.1. The molecule has 1 saturated carbocycles. The van der Waals surface area contributed by atoms with Crippen LogP contribution in [0.5, 0.6) is 0 Å². The van der Waals surface area contributed by atoms with Gasteiger partial charge in [-0.25, -0.2) is 9.88 Å². The number of imide groups is 1. The number of halogens is 1. The van der Waals surface area contributed by atoms with E-state index in [1.807, 2.05) is 6.07 Å². The minimum Gasteiger partial charge on any atom is -0.383 e. The maximum atomic E-state index is 12.9. The Labute approximate surface area is 176 Å². The summed E-state index contributed by atoms with van der Waals surface area (Å²) in [5.41, 5.74) is 7.38. The number of amides is 2. The maximum Gasteiger partial charge on any atom is 0.247 e. The minimum absolute atomic E-state index is 0.0376. The molecule has 0 spiro atoms. The summed E-state index contributed by atoms with van der Waals surface area (Å²) >= 11 is 7.18. The van der Waals surface area contributed by atoms with E-state index >= 15 is 0 Å². The summed E-state index contributed by atoms with van der Waals surface area (Å²) in [6.07, 6.45) is 1.70. The highest BCUT2D eigenvalue weighted by molar-refractivity contribution is 8.00. The quantitative estimate of drug-likeness (QED) is 0.747. The Kier molecular flexibility index (Phi) is 4.91. The zero-order chi connectivity index (χ0) is 20.7. The molecule has 2 N–H and O–H groups in total. The number of pyridine rings is 1. The fourth-order valence-corrected chi connectivity index (χ4v) is 4.75. The van der Waals surface area contributed by atoms with Gasteiger partial charge in [-0.3, -0.25) is 9.59 Å². The molecule has 144 valence electrons. The van der Waals surface area contributed by atoms with Gasteiger partial charge in [0.05, 0.1) is 27.1 Å². The number of aromatic nitrogens is 1. The molecule has 1 aliphatic carbocycles. The molecule has 4 rings (SSSR count). The predicted octanol–water partition coefficient (Wildman–Crippen LogP) is 3.36. The van der Waals surface area contributed by atoms with E-state index < -0.39 is 11.2 Å². The van der Waals surface area contributed by atoms with Gasteiger partial charge in [-0.15, -0.1) is 0 Å². The van der Waals surface area contributed by atoms with Gasteiger partial charge in [0.1, 0.15) is 23.0 Å². The van der Waals surface area contributed by atoms with Crippen LogP contribution < -0.4 is 10.6 Å².